The Morgan fingerprint density at radius 1 is 1.11 bits per heavy atom. The molecule has 1 saturated carbocycles. The molecule has 3 atom stereocenters. The monoisotopic (exact) mass is 266 g/mol. The topological polar surface area (TPSA) is 41.1 Å². The number of carbonyl (C=O) groups is 1. The maximum atomic E-state index is 12.1. The van der Waals surface area contributed by atoms with Gasteiger partial charge in [-0.25, -0.2) is 0 Å². The molecule has 1 saturated heterocycles. The highest BCUT2D eigenvalue weighted by Gasteiger charge is 2.22. The second kappa shape index (κ2) is 7.88. The van der Waals surface area contributed by atoms with Gasteiger partial charge in [-0.05, 0) is 44.6 Å². The molecule has 3 unspecified atom stereocenters. The molecule has 2 fully saturated rings. The van der Waals surface area contributed by atoms with Gasteiger partial charge in [-0.15, -0.1) is 0 Å². The van der Waals surface area contributed by atoms with Gasteiger partial charge in [0.1, 0.15) is 0 Å². The van der Waals surface area contributed by atoms with Crippen LogP contribution in [0.3, 0.4) is 0 Å². The average molecular weight is 266 g/mol. The Labute approximate surface area is 117 Å². The number of nitrogens with one attached hydrogen (secondary N) is 2. The van der Waals surface area contributed by atoms with Gasteiger partial charge in [0.15, 0.2) is 0 Å². The number of hydrogen-bond donors (Lipinski definition) is 2. The molecule has 0 radical (unpaired) electrons. The standard InChI is InChI=1S/C16H30N2O/c1-13-7-3-2-4-9-15(13)18-16(19)11-10-14-8-5-6-12-17-14/h13-15,17H,2-12H2,1H3,(H,18,19). The van der Waals surface area contributed by atoms with E-state index >= 15 is 0 Å². The minimum Gasteiger partial charge on any atom is -0.353 e. The SMILES string of the molecule is CC1CCCCCC1NC(=O)CCC1CCCCN1. The van der Waals surface area contributed by atoms with Crippen LogP contribution in [-0.4, -0.2) is 24.5 Å². The summed E-state index contributed by atoms with van der Waals surface area (Å²) in [4.78, 5) is 12.1. The summed E-state index contributed by atoms with van der Waals surface area (Å²) in [5, 5.41) is 6.80. The molecule has 1 heterocycles. The first-order chi connectivity index (χ1) is 9.25. The van der Waals surface area contributed by atoms with Crippen LogP contribution >= 0.6 is 0 Å². The van der Waals surface area contributed by atoms with E-state index in [0.29, 0.717) is 24.4 Å². The molecule has 3 nitrogen and oxygen atoms in total. The normalized spacial score (nSPS) is 32.6. The lowest BCUT2D eigenvalue weighted by Crippen LogP contribution is -2.40. The molecule has 1 aliphatic heterocycles. The van der Waals surface area contributed by atoms with Gasteiger partial charge in [0.25, 0.3) is 0 Å². The van der Waals surface area contributed by atoms with Gasteiger partial charge in [-0.2, -0.15) is 0 Å². The number of carbonyl (C=O) groups excluding carboxylic acids is 1. The molecule has 2 rings (SSSR count). The Balaban J connectivity index is 1.67. The van der Waals surface area contributed by atoms with E-state index in [4.69, 9.17) is 0 Å². The number of hydrogen-bond acceptors (Lipinski definition) is 2. The lowest BCUT2D eigenvalue weighted by molar-refractivity contribution is -0.122. The minimum absolute atomic E-state index is 0.270. The summed E-state index contributed by atoms with van der Waals surface area (Å²) in [6.45, 7) is 3.42. The number of rotatable bonds is 4. The fourth-order valence-corrected chi connectivity index (χ4v) is 3.46. The number of piperidine rings is 1. The van der Waals surface area contributed by atoms with Crippen molar-refractivity contribution in [2.45, 2.75) is 83.2 Å². The Morgan fingerprint density at radius 3 is 2.68 bits per heavy atom. The van der Waals surface area contributed by atoms with Gasteiger partial charge < -0.3 is 10.6 Å². The largest absolute Gasteiger partial charge is 0.353 e. The van der Waals surface area contributed by atoms with Crippen LogP contribution in [0.2, 0.25) is 0 Å². The van der Waals surface area contributed by atoms with E-state index in [0.717, 1.165) is 13.0 Å². The zero-order chi connectivity index (χ0) is 13.5. The summed E-state index contributed by atoms with van der Waals surface area (Å²) < 4.78 is 0. The second-order valence-electron chi connectivity index (χ2n) is 6.47. The molecule has 0 aromatic heterocycles. The predicted octanol–water partition coefficient (Wildman–Crippen LogP) is 2.99. The maximum Gasteiger partial charge on any atom is 0.220 e. The van der Waals surface area contributed by atoms with Gasteiger partial charge in [-0.3, -0.25) is 4.79 Å². The highest BCUT2D eigenvalue weighted by atomic mass is 16.1. The molecule has 110 valence electrons. The fourth-order valence-electron chi connectivity index (χ4n) is 3.46. The third kappa shape index (κ3) is 5.13. The van der Waals surface area contributed by atoms with Crippen LogP contribution in [-0.2, 0) is 4.79 Å². The van der Waals surface area contributed by atoms with E-state index in [2.05, 4.69) is 17.6 Å². The van der Waals surface area contributed by atoms with Crippen LogP contribution in [0, 0.1) is 5.92 Å². The lowest BCUT2D eigenvalue weighted by atomic mass is 9.96. The van der Waals surface area contributed by atoms with Gasteiger partial charge >= 0.3 is 0 Å². The zero-order valence-electron chi connectivity index (χ0n) is 12.4. The molecule has 19 heavy (non-hydrogen) atoms. The van der Waals surface area contributed by atoms with E-state index in [1.807, 2.05) is 0 Å². The molecule has 0 aromatic rings. The smallest absolute Gasteiger partial charge is 0.220 e. The molecule has 1 aliphatic carbocycles. The van der Waals surface area contributed by atoms with Crippen molar-refractivity contribution in [3.63, 3.8) is 0 Å². The quantitative estimate of drug-likeness (QED) is 0.768. The van der Waals surface area contributed by atoms with Crippen molar-refractivity contribution in [2.75, 3.05) is 6.54 Å². The minimum atomic E-state index is 0.270. The third-order valence-corrected chi connectivity index (χ3v) is 4.84. The van der Waals surface area contributed by atoms with Crippen LogP contribution in [0.5, 0.6) is 0 Å². The van der Waals surface area contributed by atoms with Crippen LogP contribution < -0.4 is 10.6 Å². The molecule has 0 aromatic carbocycles. The van der Waals surface area contributed by atoms with E-state index in [1.165, 1.54) is 51.4 Å². The Morgan fingerprint density at radius 2 is 1.89 bits per heavy atom. The van der Waals surface area contributed by atoms with Crippen molar-refractivity contribution in [3.05, 3.63) is 0 Å². The van der Waals surface area contributed by atoms with E-state index in [9.17, 15) is 4.79 Å². The van der Waals surface area contributed by atoms with Crippen molar-refractivity contribution < 1.29 is 4.79 Å². The highest BCUT2D eigenvalue weighted by Crippen LogP contribution is 2.23. The summed E-state index contributed by atoms with van der Waals surface area (Å²) in [6, 6.07) is 1.00. The van der Waals surface area contributed by atoms with E-state index < -0.39 is 0 Å². The van der Waals surface area contributed by atoms with Gasteiger partial charge in [-0.1, -0.05) is 32.6 Å². The molecular weight excluding hydrogens is 236 g/mol. The highest BCUT2D eigenvalue weighted by molar-refractivity contribution is 5.76. The maximum absolute atomic E-state index is 12.1. The van der Waals surface area contributed by atoms with E-state index in [1.54, 1.807) is 0 Å². The first-order valence-corrected chi connectivity index (χ1v) is 8.28. The van der Waals surface area contributed by atoms with E-state index in [-0.39, 0.29) is 5.91 Å². The third-order valence-electron chi connectivity index (χ3n) is 4.84. The summed E-state index contributed by atoms with van der Waals surface area (Å²) in [7, 11) is 0. The molecule has 2 N–H and O–H groups in total. The summed E-state index contributed by atoms with van der Waals surface area (Å²) >= 11 is 0. The number of amides is 1. The van der Waals surface area contributed by atoms with Gasteiger partial charge in [0.2, 0.25) is 5.91 Å². The average Bonchev–Trinajstić information content (AvgIpc) is 2.63. The van der Waals surface area contributed by atoms with Crippen molar-refractivity contribution >= 4 is 5.91 Å². The van der Waals surface area contributed by atoms with Crippen LogP contribution in [0.25, 0.3) is 0 Å². The van der Waals surface area contributed by atoms with Crippen molar-refractivity contribution in [2.24, 2.45) is 5.92 Å². The zero-order valence-corrected chi connectivity index (χ0v) is 12.4. The molecule has 3 heteroatoms. The summed E-state index contributed by atoms with van der Waals surface area (Å²) in [5.74, 6) is 0.922. The molecule has 0 bridgehead atoms. The van der Waals surface area contributed by atoms with Crippen LogP contribution in [0.15, 0.2) is 0 Å². The van der Waals surface area contributed by atoms with Gasteiger partial charge in [0, 0.05) is 18.5 Å². The Bertz CT molecular complexity index is 274. The van der Waals surface area contributed by atoms with Crippen LogP contribution in [0.1, 0.15) is 71.1 Å². The molecule has 2 aliphatic rings. The second-order valence-corrected chi connectivity index (χ2v) is 6.47. The van der Waals surface area contributed by atoms with Crippen LogP contribution in [0.4, 0.5) is 0 Å². The molecule has 0 spiro atoms. The Hall–Kier alpha value is -0.570. The predicted molar refractivity (Wildman–Crippen MR) is 79.1 cm³/mol. The molecule has 1 amide bonds. The van der Waals surface area contributed by atoms with Crippen molar-refractivity contribution in [1.82, 2.24) is 10.6 Å². The molecular formula is C16H30N2O. The first-order valence-electron chi connectivity index (χ1n) is 8.28. The van der Waals surface area contributed by atoms with Crippen molar-refractivity contribution in [1.29, 1.82) is 0 Å². The lowest BCUT2D eigenvalue weighted by Gasteiger charge is -2.25. The first kappa shape index (κ1) is 14.8. The summed E-state index contributed by atoms with van der Waals surface area (Å²) in [5.41, 5.74) is 0. The van der Waals surface area contributed by atoms with Crippen molar-refractivity contribution in [3.8, 4) is 0 Å². The fraction of sp³-hybridized carbons (Fsp3) is 0.938. The summed E-state index contributed by atoms with van der Waals surface area (Å²) in [6.07, 6.45) is 12.0. The van der Waals surface area contributed by atoms with Gasteiger partial charge in [0.05, 0.1) is 0 Å². The Kier molecular flexibility index (Phi) is 6.15.